The van der Waals surface area contributed by atoms with Crippen LogP contribution in [-0.4, -0.2) is 21.6 Å². The summed E-state index contributed by atoms with van der Waals surface area (Å²) in [5.74, 6) is -0.498. The monoisotopic (exact) mass is 375 g/mol. The summed E-state index contributed by atoms with van der Waals surface area (Å²) in [6.07, 6.45) is 0.744. The highest BCUT2D eigenvalue weighted by atomic mass is 32.1. The summed E-state index contributed by atoms with van der Waals surface area (Å²) in [6, 6.07) is 3.82. The van der Waals surface area contributed by atoms with Gasteiger partial charge in [0.25, 0.3) is 0 Å². The number of hydrogen-bond donors (Lipinski definition) is 0. The van der Waals surface area contributed by atoms with Gasteiger partial charge < -0.3 is 4.52 Å². The molecule has 0 spiro atoms. The van der Waals surface area contributed by atoms with Crippen LogP contribution in [0.15, 0.2) is 28.1 Å². The second-order valence-corrected chi connectivity index (χ2v) is 7.79. The van der Waals surface area contributed by atoms with Crippen LogP contribution in [-0.2, 0) is 19.5 Å². The lowest BCUT2D eigenvalue weighted by molar-refractivity contribution is 0.228. The molecule has 7 heteroatoms. The van der Waals surface area contributed by atoms with Crippen LogP contribution in [0.4, 0.5) is 8.78 Å². The average molecular weight is 375 g/mol. The van der Waals surface area contributed by atoms with Crippen molar-refractivity contribution in [2.45, 2.75) is 39.3 Å². The Kier molecular flexibility index (Phi) is 4.58. The number of rotatable bonds is 4. The maximum Gasteiger partial charge on any atom is 0.159 e. The maximum atomic E-state index is 13.6. The molecule has 0 unspecified atom stereocenters. The molecule has 136 valence electrons. The van der Waals surface area contributed by atoms with Gasteiger partial charge in [-0.2, -0.15) is 0 Å². The Morgan fingerprint density at radius 1 is 1.27 bits per heavy atom. The lowest BCUT2D eigenvalue weighted by Crippen LogP contribution is -2.29. The molecule has 1 aliphatic rings. The van der Waals surface area contributed by atoms with E-state index in [-0.39, 0.29) is 0 Å². The third kappa shape index (κ3) is 3.29. The molecule has 1 aliphatic heterocycles. The molecule has 0 radical (unpaired) electrons. The molecule has 0 fully saturated rings. The molecule has 4 nitrogen and oxygen atoms in total. The van der Waals surface area contributed by atoms with Crippen LogP contribution in [0.3, 0.4) is 0 Å². The SMILES string of the molecule is CC(C)c1csc(CN2CCc3onc(-c4ccc(F)c(F)c4)c3C2)n1. The van der Waals surface area contributed by atoms with Crippen LogP contribution in [0.1, 0.15) is 41.8 Å². The van der Waals surface area contributed by atoms with Gasteiger partial charge in [-0.15, -0.1) is 11.3 Å². The second-order valence-electron chi connectivity index (χ2n) is 6.84. The van der Waals surface area contributed by atoms with E-state index in [9.17, 15) is 8.78 Å². The Morgan fingerprint density at radius 3 is 2.85 bits per heavy atom. The number of nitrogens with zero attached hydrogens (tertiary/aromatic N) is 3. The number of hydrogen-bond acceptors (Lipinski definition) is 5. The topological polar surface area (TPSA) is 42.2 Å². The van der Waals surface area contributed by atoms with E-state index in [1.807, 2.05) is 0 Å². The molecular formula is C19H19F2N3OS. The summed E-state index contributed by atoms with van der Waals surface area (Å²) < 4.78 is 32.2. The van der Waals surface area contributed by atoms with Crippen LogP contribution in [0.25, 0.3) is 11.3 Å². The standard InChI is InChI=1S/C19H19F2N3OS/c1-11(2)16-10-26-18(22-16)9-24-6-5-17-13(8-24)19(23-25-17)12-3-4-14(20)15(21)7-12/h3-4,7,10-11H,5-6,8-9H2,1-2H3. The molecule has 0 saturated heterocycles. The zero-order valence-electron chi connectivity index (χ0n) is 14.6. The van der Waals surface area contributed by atoms with Gasteiger partial charge in [0.05, 0.1) is 12.2 Å². The first kappa shape index (κ1) is 17.3. The first-order chi connectivity index (χ1) is 12.5. The van der Waals surface area contributed by atoms with Crippen molar-refractivity contribution < 1.29 is 13.3 Å². The molecule has 4 rings (SSSR count). The summed E-state index contributed by atoms with van der Waals surface area (Å²) >= 11 is 1.68. The van der Waals surface area contributed by atoms with Gasteiger partial charge in [0.1, 0.15) is 16.5 Å². The first-order valence-corrected chi connectivity index (χ1v) is 9.48. The zero-order chi connectivity index (χ0) is 18.3. The zero-order valence-corrected chi connectivity index (χ0v) is 15.4. The predicted octanol–water partition coefficient (Wildman–Crippen LogP) is 4.76. The normalized spacial score (nSPS) is 14.8. The van der Waals surface area contributed by atoms with Crippen LogP contribution < -0.4 is 0 Å². The van der Waals surface area contributed by atoms with E-state index >= 15 is 0 Å². The van der Waals surface area contributed by atoms with Crippen molar-refractivity contribution in [1.82, 2.24) is 15.0 Å². The van der Waals surface area contributed by atoms with Crippen molar-refractivity contribution in [3.05, 3.63) is 57.2 Å². The van der Waals surface area contributed by atoms with Crippen LogP contribution in [0.5, 0.6) is 0 Å². The highest BCUT2D eigenvalue weighted by Crippen LogP contribution is 2.31. The number of halogens is 2. The minimum Gasteiger partial charge on any atom is -0.360 e. The molecule has 0 amide bonds. The molecule has 1 aromatic carbocycles. The molecule has 3 aromatic rings. The molecule has 0 saturated carbocycles. The van der Waals surface area contributed by atoms with E-state index in [1.54, 1.807) is 11.3 Å². The summed E-state index contributed by atoms with van der Waals surface area (Å²) in [5.41, 5.74) is 3.19. The maximum absolute atomic E-state index is 13.6. The highest BCUT2D eigenvalue weighted by Gasteiger charge is 2.26. The number of fused-ring (bicyclic) bond motifs is 1. The van der Waals surface area contributed by atoms with Crippen LogP contribution >= 0.6 is 11.3 Å². The van der Waals surface area contributed by atoms with Gasteiger partial charge in [-0.05, 0) is 24.1 Å². The van der Waals surface area contributed by atoms with Crippen molar-refractivity contribution in [2.24, 2.45) is 0 Å². The molecule has 26 heavy (non-hydrogen) atoms. The number of benzene rings is 1. The number of thiazole rings is 1. The van der Waals surface area contributed by atoms with Gasteiger partial charge in [-0.3, -0.25) is 4.90 Å². The largest absolute Gasteiger partial charge is 0.360 e. The Hall–Kier alpha value is -2.12. The molecule has 0 bridgehead atoms. The second kappa shape index (κ2) is 6.89. The summed E-state index contributed by atoms with van der Waals surface area (Å²) in [5, 5.41) is 7.30. The Balaban J connectivity index is 1.56. The quantitative estimate of drug-likeness (QED) is 0.659. The van der Waals surface area contributed by atoms with Crippen molar-refractivity contribution in [3.63, 3.8) is 0 Å². The van der Waals surface area contributed by atoms with Gasteiger partial charge in [0.2, 0.25) is 0 Å². The molecule has 0 atom stereocenters. The Labute approximate surface area is 154 Å². The fourth-order valence-corrected chi connectivity index (χ4v) is 4.12. The van der Waals surface area contributed by atoms with Gasteiger partial charge in [0, 0.05) is 36.0 Å². The third-order valence-electron chi connectivity index (χ3n) is 4.62. The van der Waals surface area contributed by atoms with Gasteiger partial charge in [-0.25, -0.2) is 13.8 Å². The van der Waals surface area contributed by atoms with Crippen molar-refractivity contribution in [2.75, 3.05) is 6.54 Å². The Bertz CT molecular complexity index is 935. The fourth-order valence-electron chi connectivity index (χ4n) is 3.12. The fraction of sp³-hybridized carbons (Fsp3) is 0.368. The minimum atomic E-state index is -0.879. The van der Waals surface area contributed by atoms with Gasteiger partial charge in [-0.1, -0.05) is 19.0 Å². The highest BCUT2D eigenvalue weighted by molar-refractivity contribution is 7.09. The summed E-state index contributed by atoms with van der Waals surface area (Å²) in [6.45, 7) is 6.55. The van der Waals surface area contributed by atoms with Crippen molar-refractivity contribution >= 4 is 11.3 Å². The first-order valence-electron chi connectivity index (χ1n) is 8.60. The molecular weight excluding hydrogens is 356 g/mol. The summed E-state index contributed by atoms with van der Waals surface area (Å²) in [7, 11) is 0. The molecule has 0 aliphatic carbocycles. The van der Waals surface area contributed by atoms with E-state index in [2.05, 4.69) is 29.3 Å². The van der Waals surface area contributed by atoms with Crippen LogP contribution in [0.2, 0.25) is 0 Å². The van der Waals surface area contributed by atoms with Gasteiger partial charge in [0.15, 0.2) is 11.6 Å². The third-order valence-corrected chi connectivity index (χ3v) is 5.47. The van der Waals surface area contributed by atoms with E-state index < -0.39 is 11.6 Å². The van der Waals surface area contributed by atoms with Crippen molar-refractivity contribution in [3.8, 4) is 11.3 Å². The van der Waals surface area contributed by atoms with E-state index in [4.69, 9.17) is 9.51 Å². The van der Waals surface area contributed by atoms with Gasteiger partial charge >= 0.3 is 0 Å². The molecule has 0 N–H and O–H groups in total. The minimum absolute atomic E-state index is 0.422. The lowest BCUT2D eigenvalue weighted by Gasteiger charge is -2.25. The van der Waals surface area contributed by atoms with E-state index in [0.29, 0.717) is 23.7 Å². The molecule has 3 heterocycles. The lowest BCUT2D eigenvalue weighted by atomic mass is 10.0. The predicted molar refractivity (Wildman–Crippen MR) is 95.9 cm³/mol. The van der Waals surface area contributed by atoms with Crippen molar-refractivity contribution in [1.29, 1.82) is 0 Å². The van der Waals surface area contributed by atoms with E-state index in [0.717, 1.165) is 47.6 Å². The number of aromatic nitrogens is 2. The Morgan fingerprint density at radius 2 is 2.12 bits per heavy atom. The van der Waals surface area contributed by atoms with E-state index in [1.165, 1.54) is 12.1 Å². The average Bonchev–Trinajstić information content (AvgIpc) is 3.24. The summed E-state index contributed by atoms with van der Waals surface area (Å²) in [4.78, 5) is 6.98. The smallest absolute Gasteiger partial charge is 0.159 e. The molecule has 2 aromatic heterocycles. The van der Waals surface area contributed by atoms with Crippen LogP contribution in [0, 0.1) is 11.6 Å².